The summed E-state index contributed by atoms with van der Waals surface area (Å²) in [5, 5.41) is 14.5. The number of aliphatic hydroxyl groups is 1. The topological polar surface area (TPSA) is 44.3 Å². The van der Waals surface area contributed by atoms with Crippen LogP contribution in [-0.2, 0) is 0 Å². The molecule has 0 spiro atoms. The molecule has 0 bridgehead atoms. The fourth-order valence-corrected chi connectivity index (χ4v) is 0.445. The van der Waals surface area contributed by atoms with Gasteiger partial charge in [-0.15, -0.1) is 0 Å². The zero-order valence-electron chi connectivity index (χ0n) is 5.60. The molecular formula is C5H14N2O. The highest BCUT2D eigenvalue weighted by Crippen LogP contribution is 1.75. The lowest BCUT2D eigenvalue weighted by Gasteiger charge is -2.13. The third-order valence-electron chi connectivity index (χ3n) is 0.924. The summed E-state index contributed by atoms with van der Waals surface area (Å²) in [7, 11) is 1.83. The lowest BCUT2D eigenvalue weighted by atomic mass is 10.5. The van der Waals surface area contributed by atoms with Gasteiger partial charge in [0.1, 0.15) is 6.23 Å². The van der Waals surface area contributed by atoms with E-state index in [4.69, 9.17) is 5.11 Å². The molecule has 0 saturated carbocycles. The predicted molar refractivity (Wildman–Crippen MR) is 33.3 cm³/mol. The predicted octanol–water partition coefficient (Wildman–Crippen LogP) is -0.520. The molecule has 3 nitrogen and oxygen atoms in total. The lowest BCUT2D eigenvalue weighted by Crippen LogP contribution is -2.42. The van der Waals surface area contributed by atoms with Crippen LogP contribution in [0, 0.1) is 0 Å². The SMILES string of the molecule is CNC(C)NC(C)O. The molecule has 0 aliphatic carbocycles. The van der Waals surface area contributed by atoms with Crippen molar-refractivity contribution in [1.82, 2.24) is 10.6 Å². The molecule has 0 saturated heterocycles. The van der Waals surface area contributed by atoms with E-state index in [-0.39, 0.29) is 6.17 Å². The molecule has 0 rings (SSSR count). The van der Waals surface area contributed by atoms with Crippen LogP contribution < -0.4 is 10.6 Å². The minimum atomic E-state index is -0.433. The summed E-state index contributed by atoms with van der Waals surface area (Å²) in [6, 6.07) is 0. The molecule has 0 radical (unpaired) electrons. The molecule has 0 aromatic heterocycles. The van der Waals surface area contributed by atoms with Gasteiger partial charge in [0.05, 0.1) is 6.17 Å². The monoisotopic (exact) mass is 118 g/mol. The molecule has 2 atom stereocenters. The van der Waals surface area contributed by atoms with Crippen LogP contribution >= 0.6 is 0 Å². The van der Waals surface area contributed by atoms with Gasteiger partial charge >= 0.3 is 0 Å². The molecule has 0 fully saturated rings. The van der Waals surface area contributed by atoms with E-state index < -0.39 is 6.23 Å². The van der Waals surface area contributed by atoms with Gasteiger partial charge in [-0.3, -0.25) is 5.32 Å². The Bertz CT molecular complexity index is 56.4. The fraction of sp³-hybridized carbons (Fsp3) is 1.00. The quantitative estimate of drug-likeness (QED) is 0.437. The Morgan fingerprint density at radius 2 is 1.88 bits per heavy atom. The van der Waals surface area contributed by atoms with Gasteiger partial charge in [-0.25, -0.2) is 0 Å². The highest BCUT2D eigenvalue weighted by Gasteiger charge is 1.97. The zero-order chi connectivity index (χ0) is 6.57. The van der Waals surface area contributed by atoms with E-state index in [9.17, 15) is 0 Å². The van der Waals surface area contributed by atoms with Crippen molar-refractivity contribution >= 4 is 0 Å². The van der Waals surface area contributed by atoms with Gasteiger partial charge in [0, 0.05) is 0 Å². The Kier molecular flexibility index (Phi) is 3.77. The van der Waals surface area contributed by atoms with Crippen molar-refractivity contribution in [3.63, 3.8) is 0 Å². The van der Waals surface area contributed by atoms with Gasteiger partial charge < -0.3 is 10.4 Å². The van der Waals surface area contributed by atoms with Crippen LogP contribution in [0.3, 0.4) is 0 Å². The largest absolute Gasteiger partial charge is 0.379 e. The van der Waals surface area contributed by atoms with Gasteiger partial charge in [0.2, 0.25) is 0 Å². The number of hydrogen-bond donors (Lipinski definition) is 3. The van der Waals surface area contributed by atoms with E-state index in [1.165, 1.54) is 0 Å². The van der Waals surface area contributed by atoms with Crippen LogP contribution in [-0.4, -0.2) is 24.5 Å². The van der Waals surface area contributed by atoms with Crippen molar-refractivity contribution in [2.24, 2.45) is 0 Å². The van der Waals surface area contributed by atoms with Crippen molar-refractivity contribution in [3.05, 3.63) is 0 Å². The second kappa shape index (κ2) is 3.83. The normalized spacial score (nSPS) is 18.0. The molecule has 0 heterocycles. The van der Waals surface area contributed by atoms with Crippen molar-refractivity contribution in [3.8, 4) is 0 Å². The number of hydrogen-bond acceptors (Lipinski definition) is 3. The maximum Gasteiger partial charge on any atom is 0.103 e. The summed E-state index contributed by atoms with van der Waals surface area (Å²) >= 11 is 0. The van der Waals surface area contributed by atoms with Crippen molar-refractivity contribution in [2.75, 3.05) is 7.05 Å². The second-order valence-electron chi connectivity index (χ2n) is 1.85. The van der Waals surface area contributed by atoms with Gasteiger partial charge in [-0.05, 0) is 20.9 Å². The van der Waals surface area contributed by atoms with Crippen molar-refractivity contribution in [2.45, 2.75) is 26.2 Å². The summed E-state index contributed by atoms with van der Waals surface area (Å²) in [5.41, 5.74) is 0. The van der Waals surface area contributed by atoms with Crippen molar-refractivity contribution in [1.29, 1.82) is 0 Å². The van der Waals surface area contributed by atoms with E-state index in [2.05, 4.69) is 10.6 Å². The summed E-state index contributed by atoms with van der Waals surface area (Å²) in [6.45, 7) is 3.63. The molecule has 0 aliphatic rings. The first-order chi connectivity index (χ1) is 3.66. The summed E-state index contributed by atoms with van der Waals surface area (Å²) in [6.07, 6.45) is -0.257. The Labute approximate surface area is 50.1 Å². The van der Waals surface area contributed by atoms with E-state index >= 15 is 0 Å². The fourth-order valence-electron chi connectivity index (χ4n) is 0.445. The highest BCUT2D eigenvalue weighted by atomic mass is 16.3. The van der Waals surface area contributed by atoms with E-state index in [1.54, 1.807) is 6.92 Å². The number of rotatable bonds is 3. The molecular weight excluding hydrogens is 104 g/mol. The molecule has 50 valence electrons. The Balaban J connectivity index is 3.10. The highest BCUT2D eigenvalue weighted by molar-refractivity contribution is 4.52. The van der Waals surface area contributed by atoms with E-state index in [1.807, 2.05) is 14.0 Å². The van der Waals surface area contributed by atoms with Gasteiger partial charge in [-0.1, -0.05) is 0 Å². The van der Waals surface area contributed by atoms with Crippen LogP contribution in [0.2, 0.25) is 0 Å². The van der Waals surface area contributed by atoms with Crippen LogP contribution in [0.1, 0.15) is 13.8 Å². The first-order valence-electron chi connectivity index (χ1n) is 2.78. The standard InChI is InChI=1S/C5H14N2O/c1-4(6-3)7-5(2)8/h4-8H,1-3H3. The summed E-state index contributed by atoms with van der Waals surface area (Å²) in [4.78, 5) is 0. The molecule has 3 heteroatoms. The van der Waals surface area contributed by atoms with E-state index in [0.29, 0.717) is 0 Å². The molecule has 0 aromatic rings. The maximum absolute atomic E-state index is 8.70. The van der Waals surface area contributed by atoms with Gasteiger partial charge in [0.15, 0.2) is 0 Å². The third kappa shape index (κ3) is 4.05. The molecule has 8 heavy (non-hydrogen) atoms. The third-order valence-corrected chi connectivity index (χ3v) is 0.924. The Morgan fingerprint density at radius 3 is 2.00 bits per heavy atom. The second-order valence-corrected chi connectivity index (χ2v) is 1.85. The zero-order valence-corrected chi connectivity index (χ0v) is 5.60. The average molecular weight is 118 g/mol. The first kappa shape index (κ1) is 7.88. The minimum Gasteiger partial charge on any atom is -0.379 e. The lowest BCUT2D eigenvalue weighted by molar-refractivity contribution is 0.138. The summed E-state index contributed by atoms with van der Waals surface area (Å²) < 4.78 is 0. The maximum atomic E-state index is 8.70. The number of aliphatic hydroxyl groups excluding tert-OH is 1. The van der Waals surface area contributed by atoms with Crippen LogP contribution in [0.25, 0.3) is 0 Å². The van der Waals surface area contributed by atoms with Gasteiger partial charge in [0.25, 0.3) is 0 Å². The molecule has 0 aliphatic heterocycles. The molecule has 2 unspecified atom stereocenters. The van der Waals surface area contributed by atoms with Crippen molar-refractivity contribution < 1.29 is 5.11 Å². The van der Waals surface area contributed by atoms with E-state index in [0.717, 1.165) is 0 Å². The van der Waals surface area contributed by atoms with Crippen LogP contribution in [0.5, 0.6) is 0 Å². The average Bonchev–Trinajstić information content (AvgIpc) is 1.65. The van der Waals surface area contributed by atoms with Gasteiger partial charge in [-0.2, -0.15) is 0 Å². The molecule has 0 amide bonds. The smallest absolute Gasteiger partial charge is 0.103 e. The number of nitrogens with one attached hydrogen (secondary N) is 2. The van der Waals surface area contributed by atoms with Crippen LogP contribution in [0.4, 0.5) is 0 Å². The Hall–Kier alpha value is -0.120. The Morgan fingerprint density at radius 1 is 1.38 bits per heavy atom. The van der Waals surface area contributed by atoms with Crippen LogP contribution in [0.15, 0.2) is 0 Å². The minimum absolute atomic E-state index is 0.176. The molecule has 3 N–H and O–H groups in total. The first-order valence-corrected chi connectivity index (χ1v) is 2.78. The molecule has 0 aromatic carbocycles. The summed E-state index contributed by atoms with van der Waals surface area (Å²) in [5.74, 6) is 0.